The Morgan fingerprint density at radius 2 is 2.04 bits per heavy atom. The molecule has 2 heterocycles. The van der Waals surface area contributed by atoms with Gasteiger partial charge in [0.25, 0.3) is 0 Å². The number of rotatable bonds is 4. The maximum absolute atomic E-state index is 5.86. The van der Waals surface area contributed by atoms with Crippen LogP contribution in [0.4, 0.5) is 0 Å². The van der Waals surface area contributed by atoms with Crippen molar-refractivity contribution < 1.29 is 9.15 Å². The van der Waals surface area contributed by atoms with Crippen LogP contribution in [0.2, 0.25) is 0 Å². The maximum Gasteiger partial charge on any atom is 0.213 e. The summed E-state index contributed by atoms with van der Waals surface area (Å²) in [5.74, 6) is 3.87. The number of nitrogens with one attached hydrogen (secondary N) is 1. The van der Waals surface area contributed by atoms with Crippen molar-refractivity contribution >= 4 is 29.9 Å². The van der Waals surface area contributed by atoms with Gasteiger partial charge in [-0.15, -0.1) is 24.0 Å². The minimum absolute atomic E-state index is 0. The third-order valence-electron chi connectivity index (χ3n) is 4.98. The zero-order chi connectivity index (χ0) is 19.4. The van der Waals surface area contributed by atoms with Crippen molar-refractivity contribution in [3.05, 3.63) is 47.7 Å². The summed E-state index contributed by atoms with van der Waals surface area (Å²) in [6, 6.07) is 8.37. The van der Waals surface area contributed by atoms with Gasteiger partial charge in [0.1, 0.15) is 11.5 Å². The van der Waals surface area contributed by atoms with E-state index in [1.807, 2.05) is 25.4 Å². The first-order valence-electron chi connectivity index (χ1n) is 9.45. The lowest BCUT2D eigenvalue weighted by Crippen LogP contribution is -2.39. The smallest absolute Gasteiger partial charge is 0.213 e. The molecule has 1 unspecified atom stereocenters. The van der Waals surface area contributed by atoms with Crippen molar-refractivity contribution in [2.24, 2.45) is 4.99 Å². The highest BCUT2D eigenvalue weighted by molar-refractivity contribution is 14.0. The standard InChI is InChI=1S/C21H30N4O2.HI/c1-21(2,3)18-12-23-19(27-18)13-24-20(22-4)25-11-10-16(14-25)15-6-8-17(26-5)9-7-15;/h6-9,12,16H,10-11,13-14H2,1-5H3,(H,22,24);1H. The van der Waals surface area contributed by atoms with Crippen LogP contribution in [-0.4, -0.2) is 43.1 Å². The molecule has 7 heteroatoms. The second kappa shape index (κ2) is 9.62. The first kappa shape index (κ1) is 22.5. The Morgan fingerprint density at radius 3 is 2.61 bits per heavy atom. The van der Waals surface area contributed by atoms with E-state index in [1.165, 1.54) is 5.56 Å². The Morgan fingerprint density at radius 1 is 1.32 bits per heavy atom. The SMILES string of the molecule is CN=C(NCc1ncc(C(C)(C)C)o1)N1CCC(c2ccc(OC)cc2)C1.I. The van der Waals surface area contributed by atoms with E-state index in [-0.39, 0.29) is 29.4 Å². The van der Waals surface area contributed by atoms with Crippen molar-refractivity contribution in [2.75, 3.05) is 27.2 Å². The van der Waals surface area contributed by atoms with Gasteiger partial charge < -0.3 is 19.4 Å². The summed E-state index contributed by atoms with van der Waals surface area (Å²) in [5, 5.41) is 3.38. The van der Waals surface area contributed by atoms with Crippen LogP contribution in [0.1, 0.15) is 50.3 Å². The Balaban J connectivity index is 0.00000280. The molecule has 1 aromatic carbocycles. The normalized spacial score (nSPS) is 17.4. The minimum atomic E-state index is -0.0343. The number of oxazole rings is 1. The highest BCUT2D eigenvalue weighted by Gasteiger charge is 2.26. The monoisotopic (exact) mass is 498 g/mol. The largest absolute Gasteiger partial charge is 0.497 e. The second-order valence-corrected chi connectivity index (χ2v) is 7.97. The van der Waals surface area contributed by atoms with E-state index in [0.29, 0.717) is 18.4 Å². The molecule has 0 saturated carbocycles. The fraction of sp³-hybridized carbons (Fsp3) is 0.524. The van der Waals surface area contributed by atoms with Crippen LogP contribution in [-0.2, 0) is 12.0 Å². The number of ether oxygens (including phenoxy) is 1. The van der Waals surface area contributed by atoms with Gasteiger partial charge >= 0.3 is 0 Å². The summed E-state index contributed by atoms with van der Waals surface area (Å²) in [5.41, 5.74) is 1.31. The number of hydrogen-bond donors (Lipinski definition) is 1. The zero-order valence-electron chi connectivity index (χ0n) is 17.4. The number of hydrogen-bond acceptors (Lipinski definition) is 4. The number of halogens is 1. The summed E-state index contributed by atoms with van der Waals surface area (Å²) < 4.78 is 11.1. The van der Waals surface area contributed by atoms with E-state index < -0.39 is 0 Å². The number of aromatic nitrogens is 1. The summed E-state index contributed by atoms with van der Waals surface area (Å²) >= 11 is 0. The number of nitrogens with zero attached hydrogens (tertiary/aromatic N) is 3. The van der Waals surface area contributed by atoms with Crippen molar-refractivity contribution in [1.82, 2.24) is 15.2 Å². The molecule has 0 spiro atoms. The van der Waals surface area contributed by atoms with E-state index in [9.17, 15) is 0 Å². The highest BCUT2D eigenvalue weighted by atomic mass is 127. The number of likely N-dealkylation sites (tertiary alicyclic amines) is 1. The molecular formula is C21H31IN4O2. The molecule has 0 bridgehead atoms. The molecule has 1 aliphatic heterocycles. The van der Waals surface area contributed by atoms with Gasteiger partial charge in [0.15, 0.2) is 5.96 Å². The molecule has 1 aliphatic rings. The highest BCUT2D eigenvalue weighted by Crippen LogP contribution is 2.28. The molecular weight excluding hydrogens is 467 g/mol. The van der Waals surface area contributed by atoms with Gasteiger partial charge in [-0.05, 0) is 24.1 Å². The summed E-state index contributed by atoms with van der Waals surface area (Å²) in [7, 11) is 3.51. The van der Waals surface area contributed by atoms with E-state index >= 15 is 0 Å². The molecule has 0 radical (unpaired) electrons. The van der Waals surface area contributed by atoms with Crippen molar-refractivity contribution in [1.29, 1.82) is 0 Å². The second-order valence-electron chi connectivity index (χ2n) is 7.97. The molecule has 3 rings (SSSR count). The lowest BCUT2D eigenvalue weighted by molar-refractivity contribution is 0.377. The topological polar surface area (TPSA) is 62.9 Å². The van der Waals surface area contributed by atoms with Gasteiger partial charge in [0.05, 0.1) is 19.9 Å². The predicted octanol–water partition coefficient (Wildman–Crippen LogP) is 4.16. The van der Waals surface area contributed by atoms with Crippen LogP contribution in [0.25, 0.3) is 0 Å². The molecule has 2 aromatic rings. The molecule has 1 atom stereocenters. The van der Waals surface area contributed by atoms with E-state index in [0.717, 1.165) is 37.0 Å². The minimum Gasteiger partial charge on any atom is -0.497 e. The van der Waals surface area contributed by atoms with E-state index in [4.69, 9.17) is 9.15 Å². The van der Waals surface area contributed by atoms with Gasteiger partial charge in [-0.25, -0.2) is 4.98 Å². The molecule has 0 amide bonds. The average Bonchev–Trinajstić information content (AvgIpc) is 3.32. The van der Waals surface area contributed by atoms with Gasteiger partial charge in [0, 0.05) is 31.5 Å². The average molecular weight is 498 g/mol. The first-order valence-corrected chi connectivity index (χ1v) is 9.45. The quantitative estimate of drug-likeness (QED) is 0.390. The van der Waals surface area contributed by atoms with Crippen LogP contribution in [0.15, 0.2) is 39.9 Å². The fourth-order valence-electron chi connectivity index (χ4n) is 3.33. The molecule has 6 nitrogen and oxygen atoms in total. The molecule has 1 saturated heterocycles. The number of guanidine groups is 1. The lowest BCUT2D eigenvalue weighted by atomic mass is 9.94. The molecule has 0 aliphatic carbocycles. The van der Waals surface area contributed by atoms with Crippen LogP contribution in [0, 0.1) is 0 Å². The van der Waals surface area contributed by atoms with E-state index in [1.54, 1.807) is 7.11 Å². The Hall–Kier alpha value is -1.77. The third kappa shape index (κ3) is 5.40. The van der Waals surface area contributed by atoms with Gasteiger partial charge in [-0.1, -0.05) is 32.9 Å². The van der Waals surface area contributed by atoms with Gasteiger partial charge in [-0.3, -0.25) is 4.99 Å². The molecule has 1 N–H and O–H groups in total. The molecule has 28 heavy (non-hydrogen) atoms. The Bertz CT molecular complexity index is 780. The van der Waals surface area contributed by atoms with E-state index in [2.05, 4.69) is 53.1 Å². The third-order valence-corrected chi connectivity index (χ3v) is 4.98. The first-order chi connectivity index (χ1) is 12.9. The zero-order valence-corrected chi connectivity index (χ0v) is 19.7. The van der Waals surface area contributed by atoms with Crippen molar-refractivity contribution in [3.8, 4) is 5.75 Å². The lowest BCUT2D eigenvalue weighted by Gasteiger charge is -2.21. The van der Waals surface area contributed by atoms with Gasteiger partial charge in [-0.2, -0.15) is 0 Å². The fourth-order valence-corrected chi connectivity index (χ4v) is 3.33. The Labute approximate surface area is 184 Å². The van der Waals surface area contributed by atoms with Crippen LogP contribution >= 0.6 is 24.0 Å². The maximum atomic E-state index is 5.86. The molecule has 154 valence electrons. The van der Waals surface area contributed by atoms with Crippen molar-refractivity contribution in [3.63, 3.8) is 0 Å². The number of benzene rings is 1. The van der Waals surface area contributed by atoms with Crippen LogP contribution in [0.3, 0.4) is 0 Å². The molecule has 1 aromatic heterocycles. The number of methoxy groups -OCH3 is 1. The summed E-state index contributed by atoms with van der Waals surface area (Å²) in [6.07, 6.45) is 2.93. The summed E-state index contributed by atoms with van der Waals surface area (Å²) in [6.45, 7) is 8.82. The Kier molecular flexibility index (Phi) is 7.74. The molecule has 1 fully saturated rings. The van der Waals surface area contributed by atoms with Crippen molar-refractivity contribution in [2.45, 2.75) is 45.1 Å². The summed E-state index contributed by atoms with van der Waals surface area (Å²) in [4.78, 5) is 11.1. The van der Waals surface area contributed by atoms with Gasteiger partial charge in [0.2, 0.25) is 5.89 Å². The van der Waals surface area contributed by atoms with Crippen LogP contribution in [0.5, 0.6) is 5.75 Å². The predicted molar refractivity (Wildman–Crippen MR) is 123 cm³/mol. The number of aliphatic imine (C=N–C) groups is 1. The van der Waals surface area contributed by atoms with Crippen LogP contribution < -0.4 is 10.1 Å².